The molecule has 0 aliphatic heterocycles. The first-order valence-electron chi connectivity index (χ1n) is 32.4. The van der Waals surface area contributed by atoms with E-state index in [9.17, 15) is 83.8 Å². The van der Waals surface area contributed by atoms with Crippen molar-refractivity contribution in [2.45, 2.75) is 254 Å². The van der Waals surface area contributed by atoms with Crippen LogP contribution in [0.25, 0.3) is 0 Å². The number of benzene rings is 3. The highest BCUT2D eigenvalue weighted by molar-refractivity contribution is 5.92. The minimum atomic E-state index is -4.64. The third kappa shape index (κ3) is 33.6. The lowest BCUT2D eigenvalue weighted by molar-refractivity contribution is -0.174. The van der Waals surface area contributed by atoms with Gasteiger partial charge in [0.05, 0.1) is 11.1 Å². The van der Waals surface area contributed by atoms with Gasteiger partial charge in [-0.05, 0) is 149 Å². The molecular weight excluding hydrogens is 1370 g/mol. The van der Waals surface area contributed by atoms with Crippen LogP contribution in [0.4, 0.5) is 44.7 Å². The average molecular weight is 1480 g/mol. The van der Waals surface area contributed by atoms with E-state index in [1.165, 1.54) is 49.0 Å². The maximum atomic E-state index is 15.0. The monoisotopic (exact) mass is 1480 g/mol. The second kappa shape index (κ2) is 39.9. The van der Waals surface area contributed by atoms with Crippen molar-refractivity contribution in [2.75, 3.05) is 28.2 Å². The Kier molecular flexibility index (Phi) is 36.6. The van der Waals surface area contributed by atoms with Gasteiger partial charge in [0.25, 0.3) is 11.8 Å². The molecule has 4 amide bonds. The van der Waals surface area contributed by atoms with Gasteiger partial charge in [0.15, 0.2) is 24.4 Å². The molecule has 3 rings (SSSR count). The van der Waals surface area contributed by atoms with Crippen LogP contribution in [0.3, 0.4) is 0 Å². The standard InChI is InChI=1S/C39H52F4N2O9.C32H46F4N2O9.2CH4/c1-24(2)20-29(34(48)52-25(3)33(47)51-23-27-14-12-11-13-15-27)44(9)32(46)31(21-26-16-18-28(19-17-26)39(41,42)43)53-35(49)30(22-38(7,8)40)45(10)36(50)54-37(4,5)6;1-18(2)15-22(27(42)45-19(3)26(40)41)37(9)25(39)24(16-20-11-13-21(14-12-20)32(34,35)36)46-28(43)23(17-31(7,8)33)38(10)29(44)47-30(4,5)6;;/h11-19,24-25,29-31H,20-23H2,1-10H3;11-14,18-19,22-24H,15-17H2,1-10H3,(H,40,41);2*1H4/t25-,29+,30+,31-;19-,22+,23+,24-;;/m11../s1. The van der Waals surface area contributed by atoms with Crippen molar-refractivity contribution in [1.82, 2.24) is 19.6 Å². The van der Waals surface area contributed by atoms with Gasteiger partial charge in [-0.3, -0.25) is 19.4 Å². The lowest BCUT2D eigenvalue weighted by Crippen LogP contribution is -2.52. The lowest BCUT2D eigenvalue weighted by Gasteiger charge is -2.34. The lowest BCUT2D eigenvalue weighted by atomic mass is 9.99. The largest absolute Gasteiger partial charge is 0.479 e. The molecule has 3 aromatic carbocycles. The van der Waals surface area contributed by atoms with Crippen LogP contribution in [-0.4, -0.2) is 184 Å². The third-order valence-corrected chi connectivity index (χ3v) is 14.7. The Labute approximate surface area is 599 Å². The van der Waals surface area contributed by atoms with Gasteiger partial charge in [0.2, 0.25) is 0 Å². The van der Waals surface area contributed by atoms with Gasteiger partial charge >= 0.3 is 60.4 Å². The maximum absolute atomic E-state index is 15.0. The zero-order chi connectivity index (χ0) is 77.8. The minimum Gasteiger partial charge on any atom is -0.479 e. The molecule has 0 radical (unpaired) electrons. The molecule has 30 heteroatoms. The molecule has 0 heterocycles. The molecule has 0 saturated carbocycles. The molecule has 3 aromatic rings. The normalized spacial score (nSPS) is 14.2. The average Bonchev–Trinajstić information content (AvgIpc) is 0.817. The number of aliphatic carboxylic acids is 1. The van der Waals surface area contributed by atoms with Crippen LogP contribution in [0.2, 0.25) is 0 Å². The van der Waals surface area contributed by atoms with Gasteiger partial charge in [-0.1, -0.05) is 97.1 Å². The fourth-order valence-corrected chi connectivity index (χ4v) is 9.41. The molecular formula is C73H106F8N4O18. The molecule has 0 bridgehead atoms. The number of esters is 5. The van der Waals surface area contributed by atoms with Gasteiger partial charge in [0.1, 0.15) is 53.3 Å². The van der Waals surface area contributed by atoms with Crippen molar-refractivity contribution in [3.8, 4) is 0 Å². The van der Waals surface area contributed by atoms with Gasteiger partial charge < -0.3 is 48.1 Å². The summed E-state index contributed by atoms with van der Waals surface area (Å²) in [6.07, 6.45) is -19.7. The molecule has 1 N–H and O–H groups in total. The summed E-state index contributed by atoms with van der Waals surface area (Å²) in [6, 6.07) is 10.5. The van der Waals surface area contributed by atoms with Crippen LogP contribution >= 0.6 is 0 Å². The van der Waals surface area contributed by atoms with Crippen LogP contribution in [-0.2, 0) is 103 Å². The fraction of sp³-hybridized carbons (Fsp3) is 0.616. The Morgan fingerprint density at radius 2 is 0.718 bits per heavy atom. The summed E-state index contributed by atoms with van der Waals surface area (Å²) in [5.41, 5.74) is -6.91. The van der Waals surface area contributed by atoms with E-state index >= 15 is 4.39 Å². The number of ether oxygens (including phenoxy) is 7. The number of carboxylic acid groups (broad SMARTS) is 1. The number of alkyl halides is 8. The van der Waals surface area contributed by atoms with Crippen molar-refractivity contribution in [2.24, 2.45) is 11.8 Å². The molecule has 0 fully saturated rings. The van der Waals surface area contributed by atoms with E-state index < -0.39 is 180 Å². The zero-order valence-corrected chi connectivity index (χ0v) is 60.9. The van der Waals surface area contributed by atoms with Crippen LogP contribution in [0.15, 0.2) is 78.9 Å². The summed E-state index contributed by atoms with van der Waals surface area (Å²) in [5.74, 6) is -9.06. The molecule has 8 atom stereocenters. The summed E-state index contributed by atoms with van der Waals surface area (Å²) < 4.78 is 147. The summed E-state index contributed by atoms with van der Waals surface area (Å²) >= 11 is 0. The first-order valence-corrected chi connectivity index (χ1v) is 32.4. The maximum Gasteiger partial charge on any atom is 0.416 e. The topological polar surface area (TPSA) is 268 Å². The van der Waals surface area contributed by atoms with E-state index in [0.717, 1.165) is 88.9 Å². The number of hydrogen-bond acceptors (Lipinski definition) is 17. The van der Waals surface area contributed by atoms with Crippen molar-refractivity contribution in [3.63, 3.8) is 0 Å². The molecule has 0 aliphatic rings. The van der Waals surface area contributed by atoms with Gasteiger partial charge in [0, 0.05) is 53.9 Å². The zero-order valence-electron chi connectivity index (χ0n) is 60.9. The van der Waals surface area contributed by atoms with E-state index in [4.69, 9.17) is 33.2 Å². The van der Waals surface area contributed by atoms with Gasteiger partial charge in [-0.15, -0.1) is 0 Å². The number of carbonyl (C=O) groups is 10. The van der Waals surface area contributed by atoms with Gasteiger partial charge in [-0.2, -0.15) is 26.3 Å². The van der Waals surface area contributed by atoms with E-state index in [1.54, 1.807) is 99.6 Å². The van der Waals surface area contributed by atoms with Crippen molar-refractivity contribution in [3.05, 3.63) is 107 Å². The number of hydrogen-bond donors (Lipinski definition) is 1. The molecule has 582 valence electrons. The molecule has 0 aliphatic carbocycles. The Morgan fingerprint density at radius 1 is 0.408 bits per heavy atom. The highest BCUT2D eigenvalue weighted by atomic mass is 19.4. The SMILES string of the molecule is C.C.CC(C)C[C@@H](C(=O)O[C@H](C)C(=O)O)N(C)C(=O)[C@@H](Cc1ccc(C(F)(F)F)cc1)OC(=O)[C@H](CC(C)(C)F)N(C)C(=O)OC(C)(C)C.CC(C)C[C@@H](C(=O)O[C@H](C)C(=O)OCc1ccccc1)N(C)C(=O)[C@@H](Cc1ccc(C(F)(F)F)cc1)OC(=O)[C@H](CC(C)(C)F)N(C)C(=O)OC(C)(C)C. The quantitative estimate of drug-likeness (QED) is 0.0369. The smallest absolute Gasteiger partial charge is 0.416 e. The van der Waals surface area contributed by atoms with Crippen molar-refractivity contribution >= 4 is 59.8 Å². The fourth-order valence-electron chi connectivity index (χ4n) is 9.41. The number of halogens is 8. The van der Waals surface area contributed by atoms with E-state index in [2.05, 4.69) is 0 Å². The van der Waals surface area contributed by atoms with Gasteiger partial charge in [-0.25, -0.2) is 47.1 Å². The van der Waals surface area contributed by atoms with Crippen LogP contribution < -0.4 is 0 Å². The number of likely N-dealkylation sites (N-methyl/N-ethyl adjacent to an activating group) is 4. The molecule has 103 heavy (non-hydrogen) atoms. The summed E-state index contributed by atoms with van der Waals surface area (Å²) in [5, 5.41) is 9.19. The van der Waals surface area contributed by atoms with E-state index in [0.29, 0.717) is 5.56 Å². The number of carbonyl (C=O) groups excluding carboxylic acids is 9. The Balaban J connectivity index is 0.00000200. The summed E-state index contributed by atoms with van der Waals surface area (Å²) in [6.45, 7) is 23.5. The summed E-state index contributed by atoms with van der Waals surface area (Å²) in [7, 11) is 4.83. The minimum absolute atomic E-state index is 0. The number of nitrogens with zero attached hydrogens (tertiary/aromatic N) is 4. The first kappa shape index (κ1) is 94.4. The highest BCUT2D eigenvalue weighted by Crippen LogP contribution is 2.32. The Morgan fingerprint density at radius 3 is 1.00 bits per heavy atom. The predicted molar refractivity (Wildman–Crippen MR) is 366 cm³/mol. The molecule has 0 unspecified atom stereocenters. The predicted octanol–water partition coefficient (Wildman–Crippen LogP) is 13.8. The van der Waals surface area contributed by atoms with Crippen LogP contribution in [0.5, 0.6) is 0 Å². The number of rotatable bonds is 30. The van der Waals surface area contributed by atoms with Crippen LogP contribution in [0.1, 0.15) is 179 Å². The Hall–Kier alpha value is -8.60. The molecule has 0 aromatic heterocycles. The highest BCUT2D eigenvalue weighted by Gasteiger charge is 2.44. The first-order chi connectivity index (χ1) is 46.0. The third-order valence-electron chi connectivity index (χ3n) is 14.7. The number of amides is 4. The number of carboxylic acids is 1. The van der Waals surface area contributed by atoms with E-state index in [-0.39, 0.29) is 57.3 Å². The molecule has 0 spiro atoms. The van der Waals surface area contributed by atoms with Crippen molar-refractivity contribution in [1.29, 1.82) is 0 Å². The van der Waals surface area contributed by atoms with E-state index in [1.807, 2.05) is 0 Å². The second-order valence-electron chi connectivity index (χ2n) is 28.5. The second-order valence-corrected chi connectivity index (χ2v) is 28.5. The Bertz CT molecular complexity index is 3250. The molecule has 0 saturated heterocycles. The molecule has 22 nitrogen and oxygen atoms in total. The van der Waals surface area contributed by atoms with Crippen LogP contribution in [0, 0.1) is 11.8 Å². The van der Waals surface area contributed by atoms with Crippen molar-refractivity contribution < 1.29 is 121 Å². The summed E-state index contributed by atoms with van der Waals surface area (Å²) in [4.78, 5) is 135.